The van der Waals surface area contributed by atoms with Gasteiger partial charge in [-0.3, -0.25) is 9.59 Å². The lowest BCUT2D eigenvalue weighted by molar-refractivity contribution is -0.133. The van der Waals surface area contributed by atoms with E-state index in [1.807, 2.05) is 53.4 Å². The highest BCUT2D eigenvalue weighted by Crippen LogP contribution is 2.21. The molecule has 2 amide bonds. The van der Waals surface area contributed by atoms with Gasteiger partial charge >= 0.3 is 0 Å². The highest BCUT2D eigenvalue weighted by Gasteiger charge is 2.28. The molecule has 1 aliphatic rings. The van der Waals surface area contributed by atoms with Crippen molar-refractivity contribution in [3.05, 3.63) is 71.8 Å². The van der Waals surface area contributed by atoms with Crippen molar-refractivity contribution in [1.29, 1.82) is 0 Å². The van der Waals surface area contributed by atoms with Gasteiger partial charge in [-0.15, -0.1) is 12.4 Å². The third kappa shape index (κ3) is 6.31. The second-order valence-electron chi connectivity index (χ2n) is 7.24. The van der Waals surface area contributed by atoms with E-state index in [0.717, 1.165) is 38.0 Å². The minimum absolute atomic E-state index is 0. The molecule has 5 nitrogen and oxygen atoms in total. The molecule has 1 saturated heterocycles. The van der Waals surface area contributed by atoms with Crippen molar-refractivity contribution in [2.24, 2.45) is 0 Å². The van der Waals surface area contributed by atoms with Gasteiger partial charge in [-0.1, -0.05) is 55.5 Å². The van der Waals surface area contributed by atoms with Crippen LogP contribution in [0, 0.1) is 0 Å². The van der Waals surface area contributed by atoms with Gasteiger partial charge in [0.05, 0.1) is 12.5 Å². The smallest absolute Gasteiger partial charge is 0.251 e. The van der Waals surface area contributed by atoms with Gasteiger partial charge in [0.2, 0.25) is 5.91 Å². The predicted molar refractivity (Wildman–Crippen MR) is 118 cm³/mol. The highest BCUT2D eigenvalue weighted by atomic mass is 35.5. The monoisotopic (exact) mass is 415 g/mol. The first-order valence-corrected chi connectivity index (χ1v) is 10.1. The predicted octanol–water partition coefficient (Wildman–Crippen LogP) is 3.57. The molecule has 1 heterocycles. The van der Waals surface area contributed by atoms with Crippen LogP contribution in [0.4, 0.5) is 0 Å². The van der Waals surface area contributed by atoms with E-state index < -0.39 is 0 Å². The van der Waals surface area contributed by atoms with Crippen LogP contribution in [0.5, 0.6) is 0 Å². The molecule has 0 saturated carbocycles. The first-order chi connectivity index (χ1) is 13.7. The molecule has 0 bridgehead atoms. The minimum atomic E-state index is -0.352. The molecule has 29 heavy (non-hydrogen) atoms. The van der Waals surface area contributed by atoms with E-state index in [2.05, 4.69) is 17.6 Å². The number of hydrogen-bond donors (Lipinski definition) is 2. The van der Waals surface area contributed by atoms with E-state index in [9.17, 15) is 9.59 Å². The summed E-state index contributed by atoms with van der Waals surface area (Å²) in [4.78, 5) is 27.9. The lowest BCUT2D eigenvalue weighted by atomic mass is 10.0. The van der Waals surface area contributed by atoms with Crippen LogP contribution in [0.1, 0.15) is 48.1 Å². The Kier molecular flexibility index (Phi) is 9.16. The maximum Gasteiger partial charge on any atom is 0.251 e. The number of carbonyl (C=O) groups is 2. The molecule has 2 aromatic rings. The molecule has 6 heteroatoms. The number of nitrogens with one attached hydrogen (secondary N) is 2. The molecule has 2 N–H and O–H groups in total. The van der Waals surface area contributed by atoms with Gasteiger partial charge in [-0.2, -0.15) is 0 Å². The molecule has 1 fully saturated rings. The second kappa shape index (κ2) is 11.6. The van der Waals surface area contributed by atoms with Crippen molar-refractivity contribution in [3.63, 3.8) is 0 Å². The van der Waals surface area contributed by atoms with Crippen molar-refractivity contribution in [3.8, 4) is 0 Å². The number of nitrogens with zero attached hydrogens (tertiary/aromatic N) is 1. The minimum Gasteiger partial charge on any atom is -0.345 e. The largest absolute Gasteiger partial charge is 0.345 e. The Morgan fingerprint density at radius 2 is 1.76 bits per heavy atom. The molecule has 2 aromatic carbocycles. The normalized spacial score (nSPS) is 16.5. The average molecular weight is 416 g/mol. The molecule has 2 atom stereocenters. The van der Waals surface area contributed by atoms with Crippen LogP contribution in [0.15, 0.2) is 60.7 Å². The quantitative estimate of drug-likeness (QED) is 0.692. The first-order valence-electron chi connectivity index (χ1n) is 10.1. The van der Waals surface area contributed by atoms with E-state index >= 15 is 0 Å². The number of carbonyl (C=O) groups excluding carboxylic acids is 2. The van der Waals surface area contributed by atoms with Gasteiger partial charge in [0.1, 0.15) is 0 Å². The van der Waals surface area contributed by atoms with E-state index in [0.29, 0.717) is 5.56 Å². The van der Waals surface area contributed by atoms with E-state index in [4.69, 9.17) is 0 Å². The Hall–Kier alpha value is -2.37. The molecule has 1 aliphatic heterocycles. The molecule has 0 radical (unpaired) electrons. The van der Waals surface area contributed by atoms with Gasteiger partial charge in [0.25, 0.3) is 5.91 Å². The zero-order chi connectivity index (χ0) is 19.8. The summed E-state index contributed by atoms with van der Waals surface area (Å²) in [6.45, 7) is 4.64. The van der Waals surface area contributed by atoms with Gasteiger partial charge in [0.15, 0.2) is 0 Å². The highest BCUT2D eigenvalue weighted by molar-refractivity contribution is 5.94. The molecular weight excluding hydrogens is 386 g/mol. The van der Waals surface area contributed by atoms with Crippen LogP contribution in [0.2, 0.25) is 0 Å². The summed E-state index contributed by atoms with van der Waals surface area (Å²) in [5.74, 6) is -0.0652. The summed E-state index contributed by atoms with van der Waals surface area (Å²) in [6.07, 6.45) is 2.17. The van der Waals surface area contributed by atoms with Crippen molar-refractivity contribution in [2.75, 3.05) is 19.6 Å². The fourth-order valence-electron chi connectivity index (χ4n) is 3.72. The van der Waals surface area contributed by atoms with Gasteiger partial charge in [-0.05, 0) is 37.1 Å². The van der Waals surface area contributed by atoms with Crippen LogP contribution >= 0.6 is 12.4 Å². The number of amides is 2. The summed E-state index contributed by atoms with van der Waals surface area (Å²) in [5.41, 5.74) is 1.54. The molecule has 156 valence electrons. The zero-order valence-electron chi connectivity index (χ0n) is 16.8. The molecule has 3 rings (SSSR count). The maximum atomic E-state index is 13.2. The molecule has 0 aromatic heterocycles. The standard InChI is InChI=1S/C23H29N3O2.ClH/c1-2-15-26(20-13-14-24-17-20)22(27)16-21(18-9-5-3-6-10-18)25-23(28)19-11-7-4-8-12-19;/h3-12,20-21,24H,2,13-17H2,1H3,(H,25,28);1H. The Balaban J connectivity index is 0.00000300. The second-order valence-corrected chi connectivity index (χ2v) is 7.24. The fourth-order valence-corrected chi connectivity index (χ4v) is 3.72. The third-order valence-electron chi connectivity index (χ3n) is 5.18. The number of hydrogen-bond acceptors (Lipinski definition) is 3. The fraction of sp³-hybridized carbons (Fsp3) is 0.391. The number of halogens is 1. The third-order valence-corrected chi connectivity index (χ3v) is 5.18. The van der Waals surface area contributed by atoms with E-state index in [1.165, 1.54) is 0 Å². The lowest BCUT2D eigenvalue weighted by Gasteiger charge is -2.30. The van der Waals surface area contributed by atoms with E-state index in [1.54, 1.807) is 12.1 Å². The molecule has 0 spiro atoms. The summed E-state index contributed by atoms with van der Waals surface area (Å²) >= 11 is 0. The molecular formula is C23H30ClN3O2. The van der Waals surface area contributed by atoms with Crippen molar-refractivity contribution in [2.45, 2.75) is 38.3 Å². The van der Waals surface area contributed by atoms with E-state index in [-0.39, 0.29) is 42.7 Å². The zero-order valence-corrected chi connectivity index (χ0v) is 17.7. The lowest BCUT2D eigenvalue weighted by Crippen LogP contribution is -2.44. The van der Waals surface area contributed by atoms with Gasteiger partial charge in [-0.25, -0.2) is 0 Å². The summed E-state index contributed by atoms with van der Waals surface area (Å²) in [7, 11) is 0. The Labute approximate surface area is 179 Å². The SMILES string of the molecule is CCCN(C(=O)CC(NC(=O)c1ccccc1)c1ccccc1)C1CCNC1.Cl. The van der Waals surface area contributed by atoms with Crippen molar-refractivity contribution >= 4 is 24.2 Å². The Bertz CT molecular complexity index is 764. The van der Waals surface area contributed by atoms with Crippen molar-refractivity contribution < 1.29 is 9.59 Å². The Morgan fingerprint density at radius 3 is 2.34 bits per heavy atom. The number of benzene rings is 2. The van der Waals surface area contributed by atoms with Gasteiger partial charge < -0.3 is 15.5 Å². The summed E-state index contributed by atoms with van der Waals surface area (Å²) in [6, 6.07) is 18.8. The van der Waals surface area contributed by atoms with Crippen LogP contribution in [-0.4, -0.2) is 42.4 Å². The first kappa shape index (κ1) is 22.9. The van der Waals surface area contributed by atoms with Crippen LogP contribution in [-0.2, 0) is 4.79 Å². The molecule has 0 aliphatic carbocycles. The van der Waals surface area contributed by atoms with Gasteiger partial charge in [0, 0.05) is 24.7 Å². The topological polar surface area (TPSA) is 61.4 Å². The average Bonchev–Trinajstić information content (AvgIpc) is 3.27. The Morgan fingerprint density at radius 1 is 1.10 bits per heavy atom. The summed E-state index contributed by atoms with van der Waals surface area (Å²) < 4.78 is 0. The van der Waals surface area contributed by atoms with Crippen LogP contribution in [0.3, 0.4) is 0 Å². The van der Waals surface area contributed by atoms with Crippen LogP contribution < -0.4 is 10.6 Å². The summed E-state index contributed by atoms with van der Waals surface area (Å²) in [5, 5.41) is 6.41. The van der Waals surface area contributed by atoms with Crippen molar-refractivity contribution in [1.82, 2.24) is 15.5 Å². The maximum absolute atomic E-state index is 13.2. The number of rotatable bonds is 8. The van der Waals surface area contributed by atoms with Crippen LogP contribution in [0.25, 0.3) is 0 Å². The molecule has 2 unspecified atom stereocenters.